The highest BCUT2D eigenvalue weighted by Gasteiger charge is 2.09. The molecule has 2 rings (SSSR count). The molecule has 0 fully saturated rings. The Morgan fingerprint density at radius 3 is 2.71 bits per heavy atom. The maximum Gasteiger partial charge on any atom is 0.257 e. The molecule has 0 saturated carbocycles. The Hall–Kier alpha value is -2.75. The third-order valence-corrected chi connectivity index (χ3v) is 2.58. The molecule has 0 atom stereocenters. The van der Waals surface area contributed by atoms with Gasteiger partial charge in [-0.15, -0.1) is 0 Å². The van der Waals surface area contributed by atoms with E-state index in [1.54, 1.807) is 32.6 Å². The monoisotopic (exact) mass is 291 g/mol. The second-order valence-corrected chi connectivity index (χ2v) is 4.34. The van der Waals surface area contributed by atoms with E-state index < -0.39 is 0 Å². The second kappa shape index (κ2) is 6.61. The molecule has 2 aromatic rings. The summed E-state index contributed by atoms with van der Waals surface area (Å²) < 4.78 is 1.48. The zero-order valence-electron chi connectivity index (χ0n) is 11.8. The quantitative estimate of drug-likeness (QED) is 0.468. The lowest BCUT2D eigenvalue weighted by molar-refractivity contribution is -0.128. The van der Waals surface area contributed by atoms with Crippen LogP contribution in [0.1, 0.15) is 6.42 Å². The Balaban J connectivity index is 2.09. The third-order valence-electron chi connectivity index (χ3n) is 2.58. The fourth-order valence-corrected chi connectivity index (χ4v) is 1.50. The highest BCUT2D eigenvalue weighted by Crippen LogP contribution is 2.07. The van der Waals surface area contributed by atoms with Crippen LogP contribution in [0.25, 0.3) is 5.95 Å². The number of carbonyl (C=O) groups is 1. The van der Waals surface area contributed by atoms with Crippen LogP contribution in [0.3, 0.4) is 0 Å². The van der Waals surface area contributed by atoms with Gasteiger partial charge in [0.25, 0.3) is 5.95 Å². The van der Waals surface area contributed by atoms with Gasteiger partial charge in [0.15, 0.2) is 0 Å². The van der Waals surface area contributed by atoms with Crippen molar-refractivity contribution in [3.05, 3.63) is 18.5 Å². The maximum atomic E-state index is 11.5. The van der Waals surface area contributed by atoms with Crippen LogP contribution in [0.4, 0.5) is 11.9 Å². The van der Waals surface area contributed by atoms with Gasteiger partial charge >= 0.3 is 0 Å². The molecule has 0 bridgehead atoms. The van der Waals surface area contributed by atoms with E-state index in [4.69, 9.17) is 5.84 Å². The summed E-state index contributed by atoms with van der Waals surface area (Å²) in [5.41, 5.74) is 2.37. The van der Waals surface area contributed by atoms with E-state index in [9.17, 15) is 4.79 Å². The van der Waals surface area contributed by atoms with Crippen molar-refractivity contribution in [1.82, 2.24) is 29.6 Å². The Morgan fingerprint density at radius 2 is 2.10 bits per heavy atom. The van der Waals surface area contributed by atoms with E-state index in [2.05, 4.69) is 30.8 Å². The molecule has 21 heavy (non-hydrogen) atoms. The summed E-state index contributed by atoms with van der Waals surface area (Å²) in [6, 6.07) is 1.75. The topological polar surface area (TPSA) is 127 Å². The third kappa shape index (κ3) is 3.86. The number of amides is 1. The van der Waals surface area contributed by atoms with Gasteiger partial charge in [0.2, 0.25) is 17.8 Å². The normalized spacial score (nSPS) is 10.2. The van der Waals surface area contributed by atoms with Gasteiger partial charge in [0.05, 0.1) is 0 Å². The first-order chi connectivity index (χ1) is 10.1. The first-order valence-electron chi connectivity index (χ1n) is 6.27. The van der Waals surface area contributed by atoms with Crippen LogP contribution < -0.4 is 16.6 Å². The number of hydrogen-bond acceptors (Lipinski definition) is 8. The zero-order valence-corrected chi connectivity index (χ0v) is 11.8. The summed E-state index contributed by atoms with van der Waals surface area (Å²) in [5.74, 6) is 6.20. The number of hydrogen-bond donors (Lipinski definition) is 3. The summed E-state index contributed by atoms with van der Waals surface area (Å²) in [7, 11) is 3.41. The molecule has 2 heterocycles. The molecule has 0 aliphatic heterocycles. The molecule has 4 N–H and O–H groups in total. The molecule has 112 valence electrons. The van der Waals surface area contributed by atoms with Crippen LogP contribution in [0, 0.1) is 0 Å². The summed E-state index contributed by atoms with van der Waals surface area (Å²) in [5, 5.41) is 7.00. The largest absolute Gasteiger partial charge is 0.354 e. The number of nitrogens with one attached hydrogen (secondary N) is 2. The first-order valence-corrected chi connectivity index (χ1v) is 6.27. The smallest absolute Gasteiger partial charge is 0.257 e. The predicted octanol–water partition coefficient (Wildman–Crippen LogP) is -0.767. The van der Waals surface area contributed by atoms with E-state index in [0.717, 1.165) is 0 Å². The molecule has 0 saturated heterocycles. The van der Waals surface area contributed by atoms with Gasteiger partial charge in [0.1, 0.15) is 0 Å². The van der Waals surface area contributed by atoms with Crippen molar-refractivity contribution in [2.24, 2.45) is 5.84 Å². The van der Waals surface area contributed by atoms with Gasteiger partial charge in [-0.1, -0.05) is 0 Å². The lowest BCUT2D eigenvalue weighted by atomic mass is 10.4. The molecule has 1 amide bonds. The van der Waals surface area contributed by atoms with Crippen LogP contribution in [0.5, 0.6) is 0 Å². The van der Waals surface area contributed by atoms with Gasteiger partial charge in [-0.25, -0.2) is 10.5 Å². The van der Waals surface area contributed by atoms with Crippen molar-refractivity contribution in [2.45, 2.75) is 6.42 Å². The van der Waals surface area contributed by atoms with Crippen LogP contribution in [0.15, 0.2) is 18.5 Å². The molecule has 0 spiro atoms. The molecular formula is C11H17N9O. The van der Waals surface area contributed by atoms with Crippen LogP contribution in [0.2, 0.25) is 0 Å². The first kappa shape index (κ1) is 14.7. The van der Waals surface area contributed by atoms with Gasteiger partial charge in [-0.3, -0.25) is 10.2 Å². The van der Waals surface area contributed by atoms with Crippen molar-refractivity contribution in [1.29, 1.82) is 0 Å². The Morgan fingerprint density at radius 1 is 1.33 bits per heavy atom. The maximum absolute atomic E-state index is 11.5. The molecule has 10 heteroatoms. The Bertz CT molecular complexity index is 596. The van der Waals surface area contributed by atoms with Crippen molar-refractivity contribution in [3.8, 4) is 5.95 Å². The van der Waals surface area contributed by atoms with Crippen molar-refractivity contribution in [2.75, 3.05) is 31.4 Å². The number of nitrogens with two attached hydrogens (primary N) is 1. The Kier molecular flexibility index (Phi) is 4.61. The molecule has 0 aliphatic carbocycles. The van der Waals surface area contributed by atoms with Crippen molar-refractivity contribution >= 4 is 17.8 Å². The van der Waals surface area contributed by atoms with Crippen molar-refractivity contribution < 1.29 is 4.79 Å². The summed E-state index contributed by atoms with van der Waals surface area (Å²) in [4.78, 5) is 25.4. The molecule has 0 aromatic carbocycles. The number of rotatable bonds is 6. The average Bonchev–Trinajstić information content (AvgIpc) is 3.01. The minimum absolute atomic E-state index is 0.0148. The second-order valence-electron chi connectivity index (χ2n) is 4.34. The van der Waals surface area contributed by atoms with Crippen molar-refractivity contribution in [3.63, 3.8) is 0 Å². The van der Waals surface area contributed by atoms with Crippen LogP contribution >= 0.6 is 0 Å². The summed E-state index contributed by atoms with van der Waals surface area (Å²) in [6.45, 7) is 0.406. The molecule has 0 unspecified atom stereocenters. The fourth-order valence-electron chi connectivity index (χ4n) is 1.50. The number of hydrazine groups is 1. The van der Waals surface area contributed by atoms with Crippen LogP contribution in [-0.2, 0) is 4.79 Å². The standard InChI is InChI=1S/C11H17N9O/c1-19(2)8(21)4-6-13-9-15-10(18-12)17-11(16-9)20-7-3-5-14-20/h3,5,7H,4,6,12H2,1-2H3,(H2,13,15,16,17,18). The van der Waals surface area contributed by atoms with E-state index in [-0.39, 0.29) is 11.9 Å². The highest BCUT2D eigenvalue weighted by atomic mass is 16.2. The molecule has 0 aliphatic rings. The highest BCUT2D eigenvalue weighted by molar-refractivity contribution is 5.76. The van der Waals surface area contributed by atoms with E-state index in [0.29, 0.717) is 24.9 Å². The Labute approximate surface area is 121 Å². The average molecular weight is 291 g/mol. The zero-order chi connectivity index (χ0) is 15.2. The van der Waals surface area contributed by atoms with Gasteiger partial charge in [-0.05, 0) is 6.07 Å². The van der Waals surface area contributed by atoms with E-state index in [1.807, 2.05) is 0 Å². The summed E-state index contributed by atoms with van der Waals surface area (Å²) in [6.07, 6.45) is 3.65. The number of carbonyl (C=O) groups excluding carboxylic acids is 1. The number of aromatic nitrogens is 5. The number of nitrogens with zero attached hydrogens (tertiary/aromatic N) is 6. The summed E-state index contributed by atoms with van der Waals surface area (Å²) >= 11 is 0. The lowest BCUT2D eigenvalue weighted by Crippen LogP contribution is -2.24. The lowest BCUT2D eigenvalue weighted by Gasteiger charge is -2.11. The van der Waals surface area contributed by atoms with E-state index in [1.165, 1.54) is 9.58 Å². The SMILES string of the molecule is CN(C)C(=O)CCNc1nc(NN)nc(-n2cccn2)n1. The molecule has 10 nitrogen and oxygen atoms in total. The van der Waals surface area contributed by atoms with E-state index >= 15 is 0 Å². The number of nitrogen functional groups attached to an aromatic ring is 1. The number of anilines is 2. The predicted molar refractivity (Wildman–Crippen MR) is 76.6 cm³/mol. The van der Waals surface area contributed by atoms with Gasteiger partial charge < -0.3 is 10.2 Å². The molecule has 0 radical (unpaired) electrons. The fraction of sp³-hybridized carbons (Fsp3) is 0.364. The van der Waals surface area contributed by atoms with Crippen LogP contribution in [-0.4, -0.2) is 56.2 Å². The minimum Gasteiger partial charge on any atom is -0.354 e. The molecular weight excluding hydrogens is 274 g/mol. The minimum atomic E-state index is 0.0148. The van der Waals surface area contributed by atoms with Gasteiger partial charge in [-0.2, -0.15) is 20.1 Å². The van der Waals surface area contributed by atoms with Gasteiger partial charge in [0, 0.05) is 39.5 Å². The molecule has 2 aromatic heterocycles.